The molecule has 1 amide bonds. The first-order valence-electron chi connectivity index (χ1n) is 7.77. The summed E-state index contributed by atoms with van der Waals surface area (Å²) in [5, 5.41) is 11.9. The Kier molecular flexibility index (Phi) is 5.95. The molecule has 0 saturated heterocycles. The Morgan fingerprint density at radius 1 is 1.04 bits per heavy atom. The first-order chi connectivity index (χ1) is 11.4. The summed E-state index contributed by atoms with van der Waals surface area (Å²) in [5.41, 5.74) is 2.56. The molecule has 2 rings (SSSR count). The van der Waals surface area contributed by atoms with E-state index in [9.17, 15) is 14.7 Å². The van der Waals surface area contributed by atoms with Gasteiger partial charge in [0.05, 0.1) is 6.42 Å². The molecule has 0 unspecified atom stereocenters. The number of ether oxygens (including phenoxy) is 1. The van der Waals surface area contributed by atoms with Crippen LogP contribution in [0.25, 0.3) is 0 Å². The zero-order valence-electron chi connectivity index (χ0n) is 13.8. The zero-order chi connectivity index (χ0) is 17.5. The number of aromatic hydroxyl groups is 1. The number of anilines is 1. The molecule has 0 aromatic heterocycles. The van der Waals surface area contributed by atoms with Crippen LogP contribution in [0.2, 0.25) is 0 Å². The first-order valence-corrected chi connectivity index (χ1v) is 7.77. The van der Waals surface area contributed by atoms with Crippen LogP contribution in [0.1, 0.15) is 30.9 Å². The van der Waals surface area contributed by atoms with Gasteiger partial charge in [0.1, 0.15) is 5.75 Å². The number of benzene rings is 2. The third-order valence-corrected chi connectivity index (χ3v) is 3.51. The molecule has 0 aliphatic carbocycles. The average molecular weight is 327 g/mol. The molecule has 0 aliphatic rings. The number of nitrogens with one attached hydrogen (secondary N) is 1. The van der Waals surface area contributed by atoms with Crippen LogP contribution in [0.15, 0.2) is 48.5 Å². The van der Waals surface area contributed by atoms with Gasteiger partial charge in [0, 0.05) is 5.69 Å². The Balaban J connectivity index is 1.77. The second-order valence-electron chi connectivity index (χ2n) is 5.83. The van der Waals surface area contributed by atoms with Gasteiger partial charge in [-0.15, -0.1) is 0 Å². The molecule has 5 nitrogen and oxygen atoms in total. The summed E-state index contributed by atoms with van der Waals surface area (Å²) >= 11 is 0. The van der Waals surface area contributed by atoms with Crippen molar-refractivity contribution in [1.82, 2.24) is 0 Å². The van der Waals surface area contributed by atoms with E-state index in [4.69, 9.17) is 4.74 Å². The minimum absolute atomic E-state index is 0.0522. The van der Waals surface area contributed by atoms with Crippen molar-refractivity contribution in [3.05, 3.63) is 59.7 Å². The summed E-state index contributed by atoms with van der Waals surface area (Å²) in [6.07, 6.45) is 0.0522. The predicted molar refractivity (Wildman–Crippen MR) is 91.9 cm³/mol. The van der Waals surface area contributed by atoms with Gasteiger partial charge in [-0.25, -0.2) is 0 Å². The third kappa shape index (κ3) is 5.43. The molecule has 0 atom stereocenters. The molecule has 0 aliphatic heterocycles. The van der Waals surface area contributed by atoms with Gasteiger partial charge in [0.25, 0.3) is 5.91 Å². The van der Waals surface area contributed by atoms with Gasteiger partial charge in [-0.2, -0.15) is 0 Å². The van der Waals surface area contributed by atoms with Crippen molar-refractivity contribution in [2.45, 2.75) is 26.2 Å². The van der Waals surface area contributed by atoms with Crippen molar-refractivity contribution in [2.24, 2.45) is 0 Å². The lowest BCUT2D eigenvalue weighted by Crippen LogP contribution is -2.21. The van der Waals surface area contributed by atoms with Gasteiger partial charge in [-0.3, -0.25) is 9.59 Å². The number of carbonyl (C=O) groups is 2. The number of amides is 1. The molecule has 2 aromatic carbocycles. The molecule has 2 aromatic rings. The number of esters is 1. The van der Waals surface area contributed by atoms with E-state index in [0.717, 1.165) is 0 Å². The summed E-state index contributed by atoms with van der Waals surface area (Å²) in [6.45, 7) is 3.87. The summed E-state index contributed by atoms with van der Waals surface area (Å²) in [5.74, 6) is -0.317. The second-order valence-corrected chi connectivity index (χ2v) is 5.83. The Labute approximate surface area is 141 Å². The number of carbonyl (C=O) groups excluding carboxylic acids is 2. The monoisotopic (exact) mass is 327 g/mol. The average Bonchev–Trinajstić information content (AvgIpc) is 2.55. The van der Waals surface area contributed by atoms with E-state index >= 15 is 0 Å². The quantitative estimate of drug-likeness (QED) is 0.799. The Morgan fingerprint density at radius 2 is 1.67 bits per heavy atom. The van der Waals surface area contributed by atoms with Gasteiger partial charge >= 0.3 is 5.97 Å². The highest BCUT2D eigenvalue weighted by molar-refractivity contribution is 5.92. The van der Waals surface area contributed by atoms with E-state index in [1.807, 2.05) is 24.3 Å². The highest BCUT2D eigenvalue weighted by Crippen LogP contribution is 2.17. The van der Waals surface area contributed by atoms with Crippen LogP contribution in [0.5, 0.6) is 5.75 Å². The molecular weight excluding hydrogens is 306 g/mol. The SMILES string of the molecule is CC(C)c1ccc(NC(=O)COC(=O)Cc2ccc(O)cc2)cc1. The molecule has 126 valence electrons. The minimum atomic E-state index is -0.494. The fourth-order valence-electron chi connectivity index (χ4n) is 2.13. The number of rotatable bonds is 6. The first kappa shape index (κ1) is 17.5. The Hall–Kier alpha value is -2.82. The number of hydrogen-bond acceptors (Lipinski definition) is 4. The van der Waals surface area contributed by atoms with Crippen molar-refractivity contribution < 1.29 is 19.4 Å². The van der Waals surface area contributed by atoms with E-state index in [2.05, 4.69) is 19.2 Å². The topological polar surface area (TPSA) is 75.6 Å². The van der Waals surface area contributed by atoms with Crippen molar-refractivity contribution in [2.75, 3.05) is 11.9 Å². The van der Waals surface area contributed by atoms with E-state index in [1.165, 1.54) is 17.7 Å². The predicted octanol–water partition coefficient (Wildman–Crippen LogP) is 3.24. The van der Waals surface area contributed by atoms with Gasteiger partial charge in [-0.1, -0.05) is 38.1 Å². The van der Waals surface area contributed by atoms with E-state index < -0.39 is 5.97 Å². The lowest BCUT2D eigenvalue weighted by molar-refractivity contribution is -0.146. The van der Waals surface area contributed by atoms with Crippen LogP contribution in [0.4, 0.5) is 5.69 Å². The van der Waals surface area contributed by atoms with Crippen molar-refractivity contribution >= 4 is 17.6 Å². The normalized spacial score (nSPS) is 10.5. The fraction of sp³-hybridized carbons (Fsp3) is 0.263. The molecule has 0 heterocycles. The Morgan fingerprint density at radius 3 is 2.25 bits per heavy atom. The zero-order valence-corrected chi connectivity index (χ0v) is 13.8. The van der Waals surface area contributed by atoms with Crippen molar-refractivity contribution in [3.63, 3.8) is 0 Å². The summed E-state index contributed by atoms with van der Waals surface area (Å²) < 4.78 is 4.96. The lowest BCUT2D eigenvalue weighted by atomic mass is 10.0. The van der Waals surface area contributed by atoms with E-state index in [1.54, 1.807) is 12.1 Å². The number of hydrogen-bond donors (Lipinski definition) is 2. The van der Waals surface area contributed by atoms with Crippen molar-refractivity contribution in [3.8, 4) is 5.75 Å². The molecule has 0 bridgehead atoms. The highest BCUT2D eigenvalue weighted by Gasteiger charge is 2.09. The number of phenolic OH excluding ortho intramolecular Hbond substituents is 1. The Bertz CT molecular complexity index is 690. The third-order valence-electron chi connectivity index (χ3n) is 3.51. The van der Waals surface area contributed by atoms with Crippen LogP contribution in [0.3, 0.4) is 0 Å². The smallest absolute Gasteiger partial charge is 0.310 e. The summed E-state index contributed by atoms with van der Waals surface area (Å²) in [6, 6.07) is 13.8. The molecule has 0 spiro atoms. The van der Waals surface area contributed by atoms with E-state index in [-0.39, 0.29) is 24.7 Å². The molecule has 2 N–H and O–H groups in total. The van der Waals surface area contributed by atoms with Gasteiger partial charge in [0.2, 0.25) is 0 Å². The van der Waals surface area contributed by atoms with Crippen molar-refractivity contribution in [1.29, 1.82) is 0 Å². The summed E-state index contributed by atoms with van der Waals surface area (Å²) in [7, 11) is 0. The fourth-order valence-corrected chi connectivity index (χ4v) is 2.13. The molecule has 0 fully saturated rings. The van der Waals surface area contributed by atoms with Gasteiger partial charge in [0.15, 0.2) is 6.61 Å². The van der Waals surface area contributed by atoms with Crippen LogP contribution < -0.4 is 5.32 Å². The highest BCUT2D eigenvalue weighted by atomic mass is 16.5. The van der Waals surface area contributed by atoms with Crippen LogP contribution in [0, 0.1) is 0 Å². The minimum Gasteiger partial charge on any atom is -0.508 e. The maximum atomic E-state index is 11.8. The lowest BCUT2D eigenvalue weighted by Gasteiger charge is -2.09. The maximum absolute atomic E-state index is 11.8. The van der Waals surface area contributed by atoms with Gasteiger partial charge < -0.3 is 15.2 Å². The molecule has 24 heavy (non-hydrogen) atoms. The van der Waals surface area contributed by atoms with Crippen LogP contribution in [-0.2, 0) is 20.7 Å². The summed E-state index contributed by atoms with van der Waals surface area (Å²) in [4.78, 5) is 23.5. The second kappa shape index (κ2) is 8.15. The number of phenols is 1. The van der Waals surface area contributed by atoms with E-state index in [0.29, 0.717) is 17.2 Å². The molecular formula is C19H21NO4. The largest absolute Gasteiger partial charge is 0.508 e. The molecule has 0 saturated carbocycles. The molecule has 5 heteroatoms. The standard InChI is InChI=1S/C19H21NO4/c1-13(2)15-5-7-16(8-6-15)20-18(22)12-24-19(23)11-14-3-9-17(21)10-4-14/h3-10,13,21H,11-12H2,1-2H3,(H,20,22). The van der Waals surface area contributed by atoms with Crippen LogP contribution >= 0.6 is 0 Å². The van der Waals surface area contributed by atoms with Crippen LogP contribution in [-0.4, -0.2) is 23.6 Å². The van der Waals surface area contributed by atoms with Gasteiger partial charge in [-0.05, 0) is 41.3 Å². The molecule has 0 radical (unpaired) electrons. The maximum Gasteiger partial charge on any atom is 0.310 e.